The topological polar surface area (TPSA) is 76.1 Å². The van der Waals surface area contributed by atoms with Crippen molar-refractivity contribution in [2.45, 2.75) is 39.0 Å². The molecule has 0 saturated carbocycles. The van der Waals surface area contributed by atoms with Gasteiger partial charge in [-0.05, 0) is 60.9 Å². The Kier molecular flexibility index (Phi) is 6.03. The van der Waals surface area contributed by atoms with Crippen LogP contribution in [0.3, 0.4) is 0 Å². The Morgan fingerprint density at radius 1 is 1.06 bits per heavy atom. The van der Waals surface area contributed by atoms with Crippen molar-refractivity contribution in [3.8, 4) is 11.5 Å². The number of carbonyl (C=O) groups is 2. The number of aliphatic hydroxyl groups excluding tert-OH is 1. The molecule has 2 heterocycles. The summed E-state index contributed by atoms with van der Waals surface area (Å²) in [6, 6.07) is 21.5. The summed E-state index contributed by atoms with van der Waals surface area (Å²) in [5, 5.41) is 11.4. The van der Waals surface area contributed by atoms with Gasteiger partial charge in [0.2, 0.25) is 0 Å². The standard InChI is InChI=1S/C29H27NO5/c1-3-34-23-11-7-10-20(16-23)26-25(27(31)21-12-13-24-22(15-21)14-18(2)35-24)28(32)29(33)30(26)17-19-8-5-4-6-9-19/h4-13,15-16,18,26,31H,3,14,17H2,1-2H3/t18-,26-/m1/s1. The van der Waals surface area contributed by atoms with Crippen molar-refractivity contribution in [3.05, 3.63) is 101 Å². The fourth-order valence-electron chi connectivity index (χ4n) is 4.84. The molecule has 1 saturated heterocycles. The third-order valence-corrected chi connectivity index (χ3v) is 6.39. The van der Waals surface area contributed by atoms with Gasteiger partial charge in [0.25, 0.3) is 11.7 Å². The summed E-state index contributed by atoms with van der Waals surface area (Å²) < 4.78 is 11.4. The zero-order valence-corrected chi connectivity index (χ0v) is 19.7. The zero-order valence-electron chi connectivity index (χ0n) is 19.7. The Morgan fingerprint density at radius 2 is 1.86 bits per heavy atom. The van der Waals surface area contributed by atoms with E-state index in [9.17, 15) is 14.7 Å². The molecule has 0 aliphatic carbocycles. The Hall–Kier alpha value is -4.06. The summed E-state index contributed by atoms with van der Waals surface area (Å²) in [5.41, 5.74) is 3.13. The molecule has 6 heteroatoms. The van der Waals surface area contributed by atoms with Crippen LogP contribution in [0.1, 0.15) is 42.1 Å². The van der Waals surface area contributed by atoms with Gasteiger partial charge in [0, 0.05) is 18.5 Å². The van der Waals surface area contributed by atoms with E-state index in [0.717, 1.165) is 23.3 Å². The Bertz CT molecular complexity index is 1310. The molecule has 2 aliphatic heterocycles. The number of amides is 1. The molecule has 3 aromatic rings. The van der Waals surface area contributed by atoms with Gasteiger partial charge >= 0.3 is 0 Å². The quantitative estimate of drug-likeness (QED) is 0.311. The number of likely N-dealkylation sites (tertiary alicyclic amines) is 1. The Balaban J connectivity index is 1.63. The van der Waals surface area contributed by atoms with Gasteiger partial charge in [-0.15, -0.1) is 0 Å². The highest BCUT2D eigenvalue weighted by atomic mass is 16.5. The summed E-state index contributed by atoms with van der Waals surface area (Å²) in [4.78, 5) is 28.1. The van der Waals surface area contributed by atoms with Crippen LogP contribution in [0.25, 0.3) is 5.76 Å². The molecule has 1 fully saturated rings. The van der Waals surface area contributed by atoms with Crippen LogP contribution in [0.15, 0.2) is 78.4 Å². The third-order valence-electron chi connectivity index (χ3n) is 6.39. The van der Waals surface area contributed by atoms with Crippen molar-refractivity contribution in [2.75, 3.05) is 6.61 Å². The Morgan fingerprint density at radius 3 is 2.63 bits per heavy atom. The maximum absolute atomic E-state index is 13.3. The predicted octanol–water partition coefficient (Wildman–Crippen LogP) is 5.03. The fraction of sp³-hybridized carbons (Fsp3) is 0.241. The first-order valence-electron chi connectivity index (χ1n) is 11.8. The van der Waals surface area contributed by atoms with E-state index in [0.29, 0.717) is 23.5 Å². The molecule has 6 nitrogen and oxygen atoms in total. The lowest BCUT2D eigenvalue weighted by Crippen LogP contribution is -2.29. The van der Waals surface area contributed by atoms with Gasteiger partial charge in [-0.3, -0.25) is 9.59 Å². The van der Waals surface area contributed by atoms with Crippen LogP contribution < -0.4 is 9.47 Å². The van der Waals surface area contributed by atoms with Gasteiger partial charge in [-0.1, -0.05) is 42.5 Å². The molecule has 3 aromatic carbocycles. The Labute approximate surface area is 204 Å². The van der Waals surface area contributed by atoms with E-state index in [1.54, 1.807) is 12.1 Å². The maximum Gasteiger partial charge on any atom is 0.295 e. The maximum atomic E-state index is 13.3. The van der Waals surface area contributed by atoms with Gasteiger partial charge in [-0.2, -0.15) is 0 Å². The van der Waals surface area contributed by atoms with Crippen LogP contribution in [0, 0.1) is 0 Å². The molecular formula is C29H27NO5. The van der Waals surface area contributed by atoms with Crippen molar-refractivity contribution < 1.29 is 24.2 Å². The smallest absolute Gasteiger partial charge is 0.295 e. The number of aliphatic hydroxyl groups is 1. The van der Waals surface area contributed by atoms with Crippen molar-refractivity contribution in [1.29, 1.82) is 0 Å². The van der Waals surface area contributed by atoms with E-state index in [4.69, 9.17) is 9.47 Å². The lowest BCUT2D eigenvalue weighted by atomic mass is 9.94. The molecule has 5 rings (SSSR count). The van der Waals surface area contributed by atoms with Crippen molar-refractivity contribution >= 4 is 17.4 Å². The van der Waals surface area contributed by atoms with Crippen LogP contribution in [-0.2, 0) is 22.6 Å². The number of ketones is 1. The largest absolute Gasteiger partial charge is 0.507 e. The molecular weight excluding hydrogens is 442 g/mol. The highest BCUT2D eigenvalue weighted by Crippen LogP contribution is 2.42. The fourth-order valence-corrected chi connectivity index (χ4v) is 4.84. The van der Waals surface area contributed by atoms with Crippen molar-refractivity contribution in [2.24, 2.45) is 0 Å². The monoisotopic (exact) mass is 469 g/mol. The number of ether oxygens (including phenoxy) is 2. The number of Topliss-reactive ketones (excluding diaryl/α,β-unsaturated/α-hetero) is 1. The first-order valence-corrected chi connectivity index (χ1v) is 11.8. The van der Waals surface area contributed by atoms with E-state index >= 15 is 0 Å². The van der Waals surface area contributed by atoms with Crippen LogP contribution in [0.2, 0.25) is 0 Å². The average Bonchev–Trinajstić information content (AvgIpc) is 3.35. The van der Waals surface area contributed by atoms with Crippen molar-refractivity contribution in [3.63, 3.8) is 0 Å². The van der Waals surface area contributed by atoms with E-state index < -0.39 is 17.7 Å². The molecule has 0 aromatic heterocycles. The summed E-state index contributed by atoms with van der Waals surface area (Å²) in [6.07, 6.45) is 0.777. The minimum absolute atomic E-state index is 0.0557. The minimum Gasteiger partial charge on any atom is -0.507 e. The summed E-state index contributed by atoms with van der Waals surface area (Å²) in [5.74, 6) is -0.109. The first kappa shape index (κ1) is 22.7. The molecule has 0 spiro atoms. The first-order chi connectivity index (χ1) is 17.0. The average molecular weight is 470 g/mol. The number of hydrogen-bond acceptors (Lipinski definition) is 5. The third kappa shape index (κ3) is 4.28. The lowest BCUT2D eigenvalue weighted by Gasteiger charge is -2.26. The molecule has 2 aliphatic rings. The normalized spacial score (nSPS) is 20.6. The number of hydrogen-bond donors (Lipinski definition) is 1. The van der Waals surface area contributed by atoms with Crippen LogP contribution in [0.5, 0.6) is 11.5 Å². The van der Waals surface area contributed by atoms with Gasteiger partial charge in [0.15, 0.2) is 0 Å². The molecule has 1 N–H and O–H groups in total. The van der Waals surface area contributed by atoms with Gasteiger partial charge in [0.1, 0.15) is 23.4 Å². The van der Waals surface area contributed by atoms with E-state index in [1.165, 1.54) is 4.90 Å². The van der Waals surface area contributed by atoms with Crippen LogP contribution in [-0.4, -0.2) is 34.4 Å². The summed E-state index contributed by atoms with van der Waals surface area (Å²) in [7, 11) is 0. The minimum atomic E-state index is -0.751. The zero-order chi connectivity index (χ0) is 24.5. The van der Waals surface area contributed by atoms with Gasteiger partial charge in [-0.25, -0.2) is 0 Å². The molecule has 0 radical (unpaired) electrons. The summed E-state index contributed by atoms with van der Waals surface area (Å²) >= 11 is 0. The number of carbonyl (C=O) groups excluding carboxylic acids is 2. The highest BCUT2D eigenvalue weighted by Gasteiger charge is 2.46. The number of benzene rings is 3. The molecule has 35 heavy (non-hydrogen) atoms. The van der Waals surface area contributed by atoms with Gasteiger partial charge < -0.3 is 19.5 Å². The van der Waals surface area contributed by atoms with E-state index in [1.807, 2.05) is 74.5 Å². The molecule has 2 atom stereocenters. The second-order valence-corrected chi connectivity index (χ2v) is 8.87. The summed E-state index contributed by atoms with van der Waals surface area (Å²) in [6.45, 7) is 4.61. The van der Waals surface area contributed by atoms with Gasteiger partial charge in [0.05, 0.1) is 18.2 Å². The SMILES string of the molecule is CCOc1cccc([C@@H]2C(=C(O)c3ccc4c(c3)C[C@@H](C)O4)C(=O)C(=O)N2Cc2ccccc2)c1. The molecule has 178 valence electrons. The van der Waals surface area contributed by atoms with Crippen LogP contribution >= 0.6 is 0 Å². The number of nitrogens with zero attached hydrogens (tertiary/aromatic N) is 1. The van der Waals surface area contributed by atoms with Crippen LogP contribution in [0.4, 0.5) is 0 Å². The molecule has 1 amide bonds. The highest BCUT2D eigenvalue weighted by molar-refractivity contribution is 6.46. The second kappa shape index (κ2) is 9.29. The number of rotatable bonds is 6. The molecule has 0 bridgehead atoms. The van der Waals surface area contributed by atoms with E-state index in [-0.39, 0.29) is 24.0 Å². The number of fused-ring (bicyclic) bond motifs is 1. The van der Waals surface area contributed by atoms with Crippen molar-refractivity contribution in [1.82, 2.24) is 4.90 Å². The predicted molar refractivity (Wildman–Crippen MR) is 132 cm³/mol. The van der Waals surface area contributed by atoms with E-state index in [2.05, 4.69) is 0 Å². The molecule has 0 unspecified atom stereocenters. The second-order valence-electron chi connectivity index (χ2n) is 8.87. The lowest BCUT2D eigenvalue weighted by molar-refractivity contribution is -0.140.